The van der Waals surface area contributed by atoms with E-state index in [2.05, 4.69) is 72.3 Å². The number of carbonyl (C=O) groups excluding carboxylic acids is 1. The normalized spacial score (nSPS) is 11.6. The minimum atomic E-state index is -7.22. The highest BCUT2D eigenvalue weighted by atomic mass is 19.2. The van der Waals surface area contributed by atoms with Gasteiger partial charge in [-0.25, -0.2) is 87.8 Å². The minimum absolute atomic E-state index is 0.125. The summed E-state index contributed by atoms with van der Waals surface area (Å²) in [5, 5.41) is 2.36. The van der Waals surface area contributed by atoms with Crippen LogP contribution in [0.4, 0.5) is 87.8 Å². The lowest BCUT2D eigenvalue weighted by atomic mass is 9.12. The Labute approximate surface area is 454 Å². The lowest BCUT2D eigenvalue weighted by molar-refractivity contribution is -0.671. The zero-order valence-electron chi connectivity index (χ0n) is 42.6. The van der Waals surface area contributed by atoms with Crippen LogP contribution in [0.1, 0.15) is 87.1 Å². The van der Waals surface area contributed by atoms with Crippen molar-refractivity contribution in [3.8, 4) is 11.3 Å². The number of unbranched alkanes of at least 4 members (excludes halogenated alkanes) is 9. The molecule has 0 bridgehead atoms. The molecule has 0 radical (unpaired) electrons. The van der Waals surface area contributed by atoms with Crippen molar-refractivity contribution in [1.29, 1.82) is 0 Å². The van der Waals surface area contributed by atoms with Gasteiger partial charge in [-0.3, -0.25) is 4.79 Å². The molecule has 0 saturated carbocycles. The molecule has 0 aliphatic rings. The molecule has 0 atom stereocenters. The summed E-state index contributed by atoms with van der Waals surface area (Å²) in [5.41, 5.74) is -9.92. The lowest BCUT2D eigenvalue weighted by Gasteiger charge is -2.44. The Morgan fingerprint density at radius 3 is 1.07 bits per heavy atom. The highest BCUT2D eigenvalue weighted by Crippen LogP contribution is 2.32. The zero-order chi connectivity index (χ0) is 60.1. The molecule has 0 saturated heterocycles. The van der Waals surface area contributed by atoms with E-state index in [9.17, 15) is 57.5 Å². The molecule has 0 fully saturated rings. The smallest absolute Gasteiger partial charge is 0.227 e. The first kappa shape index (κ1) is 61.9. The first-order valence-electron chi connectivity index (χ1n) is 25.3. The topological polar surface area (TPSA) is 20.9 Å². The Kier molecular flexibility index (Phi) is 19.6. The van der Waals surface area contributed by atoms with Gasteiger partial charge in [-0.2, -0.15) is 4.57 Å². The first-order valence-corrected chi connectivity index (χ1v) is 25.3. The maximum absolute atomic E-state index is 15.4. The SMILES string of the molecule is CCCCCCCCCCCCc1ccc(-c2c3ccccc3cc[n+]2CC(=O)c2ccccc2)cc1.Fc1c(F)c(F)c([B-](c2c(F)c(F)c(F)c(F)c2F)(c2c(F)c(F)c(F)c(F)c2F)c2c(F)c(F)c(F)c(F)c2F)c(F)c1F. The van der Waals surface area contributed by atoms with Gasteiger partial charge in [-0.1, -0.05) is 125 Å². The average Bonchev–Trinajstić information content (AvgIpc) is 1.06. The number of carbonyl (C=O) groups is 1. The maximum atomic E-state index is 15.4. The summed E-state index contributed by atoms with van der Waals surface area (Å²) in [4.78, 5) is 13.0. The van der Waals surface area contributed by atoms with Crippen molar-refractivity contribution in [2.24, 2.45) is 0 Å². The number of ketones is 1. The van der Waals surface area contributed by atoms with Crippen molar-refractivity contribution in [3.05, 3.63) is 219 Å². The molecule has 7 aromatic carbocycles. The number of pyridine rings is 1. The predicted octanol–water partition coefficient (Wildman–Crippen LogP) is 15.0. The Hall–Kier alpha value is -7.72. The van der Waals surface area contributed by atoms with Crippen molar-refractivity contribution in [2.75, 3.05) is 0 Å². The molecule has 0 spiro atoms. The molecule has 0 unspecified atom stereocenters. The quantitative estimate of drug-likeness (QED) is 0.0150. The number of benzene rings is 7. The predicted molar refractivity (Wildman–Crippen MR) is 265 cm³/mol. The van der Waals surface area contributed by atoms with E-state index in [1.54, 1.807) is 0 Å². The van der Waals surface area contributed by atoms with Gasteiger partial charge in [0, 0.05) is 17.2 Å². The van der Waals surface area contributed by atoms with Gasteiger partial charge in [-0.05, 0) is 42.0 Å². The Bertz CT molecular complexity index is 3310. The van der Waals surface area contributed by atoms with E-state index in [1.165, 1.54) is 80.5 Å². The van der Waals surface area contributed by atoms with Gasteiger partial charge in [0.15, 0.2) is 76.0 Å². The first-order chi connectivity index (χ1) is 39.0. The largest absolute Gasteiger partial charge is 0.287 e. The number of nitrogens with zero attached hydrogens (tertiary/aromatic N) is 1. The second-order valence-corrected chi connectivity index (χ2v) is 19.1. The van der Waals surface area contributed by atoms with Gasteiger partial charge >= 0.3 is 0 Å². The van der Waals surface area contributed by atoms with Crippen LogP contribution in [0.3, 0.4) is 0 Å². The summed E-state index contributed by atoms with van der Waals surface area (Å²) in [6.45, 7) is 2.60. The fourth-order valence-corrected chi connectivity index (χ4v) is 10.1. The average molecular weight is 1170 g/mol. The zero-order valence-corrected chi connectivity index (χ0v) is 42.6. The molecule has 0 aliphatic heterocycles. The molecule has 0 aliphatic carbocycles. The summed E-state index contributed by atoms with van der Waals surface area (Å²) < 4.78 is 296. The number of aromatic nitrogens is 1. The number of Topliss-reactive ketones (excluding diaryl/α,β-unsaturated/α-hetero) is 1. The summed E-state index contributed by atoms with van der Waals surface area (Å²) in [7, 11) is 0. The van der Waals surface area contributed by atoms with Crippen LogP contribution in [-0.2, 0) is 13.0 Å². The second kappa shape index (κ2) is 26.0. The summed E-state index contributed by atoms with van der Waals surface area (Å²) in [6, 6.07) is 29.1. The Balaban J connectivity index is 0.000000240. The number of hydrogen-bond donors (Lipinski definition) is 0. The van der Waals surface area contributed by atoms with Crippen LogP contribution in [0.5, 0.6) is 0 Å². The molecule has 8 aromatic rings. The van der Waals surface area contributed by atoms with Crippen LogP contribution in [0.15, 0.2) is 91.1 Å². The maximum Gasteiger partial charge on any atom is 0.227 e. The highest BCUT2D eigenvalue weighted by Gasteiger charge is 2.52. The molecule has 23 heteroatoms. The fourth-order valence-electron chi connectivity index (χ4n) is 10.1. The molecule has 432 valence electrons. The third kappa shape index (κ3) is 11.6. The van der Waals surface area contributed by atoms with Gasteiger partial charge in [0.25, 0.3) is 0 Å². The Morgan fingerprint density at radius 2 is 0.695 bits per heavy atom. The van der Waals surface area contributed by atoms with E-state index in [1.807, 2.05) is 30.3 Å². The van der Waals surface area contributed by atoms with Crippen LogP contribution < -0.4 is 26.4 Å². The van der Waals surface area contributed by atoms with Crippen LogP contribution in [-0.4, -0.2) is 11.9 Å². The van der Waals surface area contributed by atoms with Crippen LogP contribution in [0, 0.1) is 116 Å². The van der Waals surface area contributed by atoms with Crippen molar-refractivity contribution in [1.82, 2.24) is 0 Å². The van der Waals surface area contributed by atoms with E-state index < -0.39 is 144 Å². The molecular formula is C59H42BF20NO. The Morgan fingerprint density at radius 1 is 0.366 bits per heavy atom. The summed E-state index contributed by atoms with van der Waals surface area (Å²) in [6.07, 6.45) is 9.65. The molecule has 8 rings (SSSR count). The lowest BCUT2D eigenvalue weighted by Crippen LogP contribution is -2.81. The van der Waals surface area contributed by atoms with Gasteiger partial charge in [0.2, 0.25) is 18.0 Å². The highest BCUT2D eigenvalue weighted by molar-refractivity contribution is 7.20. The van der Waals surface area contributed by atoms with Crippen molar-refractivity contribution in [2.45, 2.75) is 84.1 Å². The third-order valence-corrected chi connectivity index (χ3v) is 14.1. The molecule has 1 heterocycles. The van der Waals surface area contributed by atoms with E-state index >= 15 is 35.1 Å². The van der Waals surface area contributed by atoms with Crippen LogP contribution in [0.25, 0.3) is 22.0 Å². The van der Waals surface area contributed by atoms with E-state index in [0.29, 0.717) is 6.54 Å². The number of fused-ring (bicyclic) bond motifs is 1. The van der Waals surface area contributed by atoms with Gasteiger partial charge in [-0.15, -0.1) is 21.9 Å². The van der Waals surface area contributed by atoms with Gasteiger partial charge in [0.05, 0.1) is 5.39 Å². The summed E-state index contributed by atoms with van der Waals surface area (Å²) >= 11 is 0. The monoisotopic (exact) mass is 1170 g/mol. The van der Waals surface area contributed by atoms with Crippen molar-refractivity contribution >= 4 is 44.6 Å². The molecule has 82 heavy (non-hydrogen) atoms. The molecule has 0 amide bonds. The third-order valence-electron chi connectivity index (χ3n) is 14.1. The van der Waals surface area contributed by atoms with Crippen molar-refractivity contribution < 1.29 is 97.2 Å². The van der Waals surface area contributed by atoms with Crippen LogP contribution >= 0.6 is 0 Å². The minimum Gasteiger partial charge on any atom is -0.287 e. The van der Waals surface area contributed by atoms with E-state index in [-0.39, 0.29) is 5.78 Å². The van der Waals surface area contributed by atoms with E-state index in [4.69, 9.17) is 0 Å². The molecule has 2 nitrogen and oxygen atoms in total. The van der Waals surface area contributed by atoms with Crippen molar-refractivity contribution in [3.63, 3.8) is 0 Å². The van der Waals surface area contributed by atoms with Gasteiger partial charge < -0.3 is 0 Å². The second-order valence-electron chi connectivity index (χ2n) is 19.1. The number of halogens is 20. The fraction of sp³-hybridized carbons (Fsp3) is 0.220. The molecule has 1 aromatic heterocycles. The van der Waals surface area contributed by atoms with Gasteiger partial charge in [0.1, 0.15) is 52.7 Å². The number of rotatable bonds is 19. The summed E-state index contributed by atoms with van der Waals surface area (Å²) in [5.74, 6) is -71.3. The molecular weight excluding hydrogens is 1130 g/mol. The molecule has 0 N–H and O–H groups in total. The van der Waals surface area contributed by atoms with Crippen LogP contribution in [0.2, 0.25) is 0 Å². The number of aryl methyl sites for hydroxylation is 1. The standard InChI is InChI=1S/C35H42NO.C24BF20/c1-2-3-4-5-6-7-8-9-10-12-17-29-22-24-32(25-23-29)35-33-21-16-15-18-30(33)26-27-36(35)28-34(37)31-19-13-11-14-20-31;26-5-1(6(27)14(35)21(42)13(5)34)25(2-7(28)15(36)22(43)16(37)8(2)29,3-9(30)17(38)23(44)18(39)10(3)31)4-11(32)19(40)24(45)20(41)12(4)33/h11,13-16,18-27H,2-10,12,17,28H2,1H3;/q+1;-1. The van der Waals surface area contributed by atoms with E-state index in [0.717, 1.165) is 23.2 Å². The number of hydrogen-bond acceptors (Lipinski definition) is 1.